The number of benzene rings is 1. The van der Waals surface area contributed by atoms with Gasteiger partial charge in [-0.1, -0.05) is 24.9 Å². The van der Waals surface area contributed by atoms with Crippen LogP contribution in [0, 0.1) is 0 Å². The molecule has 2 aliphatic heterocycles. The Balaban J connectivity index is 1.54. The number of nitrogens with zero attached hydrogens (tertiary/aromatic N) is 3. The molecule has 1 aromatic carbocycles. The quantitative estimate of drug-likeness (QED) is 0.531. The fourth-order valence-electron chi connectivity index (χ4n) is 4.12. The molecule has 180 valence electrons. The molecular weight excluding hydrogens is 444 g/mol. The van der Waals surface area contributed by atoms with Gasteiger partial charge in [-0.05, 0) is 37.6 Å². The van der Waals surface area contributed by atoms with Gasteiger partial charge in [-0.2, -0.15) is 0 Å². The maximum absolute atomic E-state index is 12.8. The molecule has 1 atom stereocenters. The molecule has 1 fully saturated rings. The van der Waals surface area contributed by atoms with E-state index in [1.54, 1.807) is 11.8 Å². The molecule has 1 aromatic rings. The highest BCUT2D eigenvalue weighted by Gasteiger charge is 2.28. The first-order valence-corrected chi connectivity index (χ1v) is 11.8. The minimum Gasteiger partial charge on any atom is -0.381 e. The Morgan fingerprint density at radius 1 is 1.24 bits per heavy atom. The Morgan fingerprint density at radius 3 is 2.64 bits per heavy atom. The summed E-state index contributed by atoms with van der Waals surface area (Å²) in [6, 6.07) is 4.80. The molecule has 0 radical (unpaired) electrons. The van der Waals surface area contributed by atoms with Crippen molar-refractivity contribution in [3.8, 4) is 0 Å². The number of primary amides is 1. The summed E-state index contributed by atoms with van der Waals surface area (Å²) in [5.74, 6) is -0.866. The number of piperazine rings is 1. The van der Waals surface area contributed by atoms with Crippen LogP contribution in [0.1, 0.15) is 32.3 Å². The zero-order valence-corrected chi connectivity index (χ0v) is 20.0. The first-order valence-electron chi connectivity index (χ1n) is 11.4. The fourth-order valence-corrected chi connectivity index (χ4v) is 4.29. The van der Waals surface area contributed by atoms with Gasteiger partial charge in [0.2, 0.25) is 11.8 Å². The van der Waals surface area contributed by atoms with E-state index < -0.39 is 11.9 Å². The van der Waals surface area contributed by atoms with Crippen LogP contribution in [0.25, 0.3) is 5.70 Å². The molecule has 4 N–H and O–H groups in total. The molecule has 0 bridgehead atoms. The standard InChI is InChI=1S/C23H33ClN6O3/c1-3-4-9-30(15-21(25)31)22(32)16(2)27-23(33)29-12-10-28(11-13-29)20-7-8-26-19-14-17(24)5-6-18(19)20/h5-7,14,16,26H,3-4,8-13,15H2,1-2H3,(H2,25,31)(H,27,33)/t16-/m0/s1. The number of amides is 4. The third kappa shape index (κ3) is 6.31. The molecule has 2 heterocycles. The number of hydrogen-bond acceptors (Lipinski definition) is 5. The number of nitrogens with two attached hydrogens (primary N) is 1. The maximum atomic E-state index is 12.8. The average molecular weight is 477 g/mol. The van der Waals surface area contributed by atoms with Crippen molar-refractivity contribution >= 4 is 40.8 Å². The number of nitrogens with one attached hydrogen (secondary N) is 2. The highest BCUT2D eigenvalue weighted by atomic mass is 35.5. The molecule has 2 aliphatic rings. The first kappa shape index (κ1) is 24.7. The smallest absolute Gasteiger partial charge is 0.318 e. The monoisotopic (exact) mass is 476 g/mol. The van der Waals surface area contributed by atoms with E-state index in [4.69, 9.17) is 17.3 Å². The normalized spacial score (nSPS) is 16.3. The molecule has 0 spiro atoms. The van der Waals surface area contributed by atoms with E-state index in [2.05, 4.69) is 21.6 Å². The number of rotatable bonds is 8. The van der Waals surface area contributed by atoms with E-state index >= 15 is 0 Å². The molecule has 0 saturated carbocycles. The van der Waals surface area contributed by atoms with Gasteiger partial charge in [-0.15, -0.1) is 0 Å². The molecule has 4 amide bonds. The summed E-state index contributed by atoms with van der Waals surface area (Å²) < 4.78 is 0. The molecule has 10 heteroatoms. The molecule has 3 rings (SSSR count). The fraction of sp³-hybridized carbons (Fsp3) is 0.522. The Morgan fingerprint density at radius 2 is 1.97 bits per heavy atom. The lowest BCUT2D eigenvalue weighted by molar-refractivity contribution is -0.136. The summed E-state index contributed by atoms with van der Waals surface area (Å²) in [6.45, 7) is 7.12. The van der Waals surface area contributed by atoms with Crippen LogP contribution in [0.3, 0.4) is 0 Å². The Hall–Kier alpha value is -2.94. The van der Waals surface area contributed by atoms with Gasteiger partial charge >= 0.3 is 6.03 Å². The number of carbonyl (C=O) groups is 3. The van der Waals surface area contributed by atoms with Crippen LogP contribution in [-0.2, 0) is 9.59 Å². The SMILES string of the molecule is CCCCN(CC(N)=O)C(=O)[C@H](C)NC(=O)N1CCN(C2=CCNc3cc(Cl)ccc32)CC1. The summed E-state index contributed by atoms with van der Waals surface area (Å²) in [4.78, 5) is 42.3. The van der Waals surface area contributed by atoms with Gasteiger partial charge in [-0.3, -0.25) is 9.59 Å². The minimum absolute atomic E-state index is 0.144. The Bertz CT molecular complexity index is 913. The number of halogens is 1. The lowest BCUT2D eigenvalue weighted by Gasteiger charge is -2.39. The number of unbranched alkanes of at least 4 members (excludes halogenated alkanes) is 1. The minimum atomic E-state index is -0.740. The van der Waals surface area contributed by atoms with Crippen LogP contribution in [0.4, 0.5) is 10.5 Å². The molecule has 9 nitrogen and oxygen atoms in total. The van der Waals surface area contributed by atoms with E-state index in [0.29, 0.717) is 37.7 Å². The van der Waals surface area contributed by atoms with Gasteiger partial charge in [0.05, 0.1) is 6.54 Å². The van der Waals surface area contributed by atoms with Gasteiger partial charge in [0.1, 0.15) is 6.04 Å². The van der Waals surface area contributed by atoms with Gasteiger partial charge in [0, 0.05) is 61.2 Å². The van der Waals surface area contributed by atoms with E-state index in [0.717, 1.165) is 36.3 Å². The molecular formula is C23H33ClN6O3. The van der Waals surface area contributed by atoms with Crippen LogP contribution in [-0.4, -0.2) is 84.4 Å². The van der Waals surface area contributed by atoms with Crippen LogP contribution >= 0.6 is 11.6 Å². The summed E-state index contributed by atoms with van der Waals surface area (Å²) in [5.41, 5.74) is 8.54. The lowest BCUT2D eigenvalue weighted by Crippen LogP contribution is -2.56. The molecule has 0 aliphatic carbocycles. The lowest BCUT2D eigenvalue weighted by atomic mass is 10.0. The average Bonchev–Trinajstić information content (AvgIpc) is 2.80. The Labute approximate surface area is 199 Å². The summed E-state index contributed by atoms with van der Waals surface area (Å²) in [5, 5.41) is 6.81. The second-order valence-electron chi connectivity index (χ2n) is 8.39. The van der Waals surface area contributed by atoms with Crippen LogP contribution < -0.4 is 16.4 Å². The predicted octanol–water partition coefficient (Wildman–Crippen LogP) is 1.94. The number of anilines is 1. The van der Waals surface area contributed by atoms with Crippen molar-refractivity contribution < 1.29 is 14.4 Å². The van der Waals surface area contributed by atoms with Crippen molar-refractivity contribution in [3.05, 3.63) is 34.9 Å². The van der Waals surface area contributed by atoms with Crippen LogP contribution in [0.2, 0.25) is 5.02 Å². The van der Waals surface area contributed by atoms with Crippen molar-refractivity contribution in [3.63, 3.8) is 0 Å². The van der Waals surface area contributed by atoms with Gasteiger partial charge in [0.25, 0.3) is 0 Å². The maximum Gasteiger partial charge on any atom is 0.318 e. The third-order valence-electron chi connectivity index (χ3n) is 5.90. The van der Waals surface area contributed by atoms with E-state index in [-0.39, 0.29) is 18.5 Å². The van der Waals surface area contributed by atoms with Crippen molar-refractivity contribution in [2.75, 3.05) is 51.1 Å². The topological polar surface area (TPSA) is 111 Å². The zero-order chi connectivity index (χ0) is 24.0. The molecule has 0 unspecified atom stereocenters. The number of carbonyl (C=O) groups excluding carboxylic acids is 3. The molecule has 0 aromatic heterocycles. The van der Waals surface area contributed by atoms with Gasteiger partial charge in [0.15, 0.2) is 0 Å². The summed E-state index contributed by atoms with van der Waals surface area (Å²) in [7, 11) is 0. The number of hydrogen-bond donors (Lipinski definition) is 3. The zero-order valence-electron chi connectivity index (χ0n) is 19.3. The van der Waals surface area contributed by atoms with E-state index in [1.807, 2.05) is 25.1 Å². The van der Waals surface area contributed by atoms with E-state index in [1.165, 1.54) is 4.90 Å². The second kappa shape index (κ2) is 11.3. The number of fused-ring (bicyclic) bond motifs is 1. The summed E-state index contributed by atoms with van der Waals surface area (Å²) in [6.07, 6.45) is 3.80. The highest BCUT2D eigenvalue weighted by Crippen LogP contribution is 2.32. The third-order valence-corrected chi connectivity index (χ3v) is 6.14. The second-order valence-corrected chi connectivity index (χ2v) is 8.82. The van der Waals surface area contributed by atoms with Crippen LogP contribution in [0.5, 0.6) is 0 Å². The summed E-state index contributed by atoms with van der Waals surface area (Å²) >= 11 is 6.12. The highest BCUT2D eigenvalue weighted by molar-refractivity contribution is 6.31. The van der Waals surface area contributed by atoms with Crippen molar-refractivity contribution in [2.24, 2.45) is 5.73 Å². The predicted molar refractivity (Wildman–Crippen MR) is 130 cm³/mol. The van der Waals surface area contributed by atoms with Crippen molar-refractivity contribution in [1.29, 1.82) is 0 Å². The van der Waals surface area contributed by atoms with Gasteiger partial charge < -0.3 is 31.1 Å². The van der Waals surface area contributed by atoms with E-state index in [9.17, 15) is 14.4 Å². The van der Waals surface area contributed by atoms with Gasteiger partial charge in [-0.25, -0.2) is 4.79 Å². The largest absolute Gasteiger partial charge is 0.381 e. The van der Waals surface area contributed by atoms with Crippen molar-refractivity contribution in [1.82, 2.24) is 20.0 Å². The first-order chi connectivity index (χ1) is 15.8. The molecule has 1 saturated heterocycles. The van der Waals surface area contributed by atoms with Crippen LogP contribution in [0.15, 0.2) is 24.3 Å². The van der Waals surface area contributed by atoms with Crippen molar-refractivity contribution in [2.45, 2.75) is 32.7 Å². The number of urea groups is 1. The Kier molecular flexibility index (Phi) is 8.43. The molecule has 33 heavy (non-hydrogen) atoms.